The monoisotopic (exact) mass is 343 g/mol. The molecule has 1 aliphatic rings. The lowest BCUT2D eigenvalue weighted by Gasteiger charge is -2.27. The molecule has 2 aromatic carbocycles. The maximum atomic E-state index is 12.5. The number of halogens is 1. The Morgan fingerprint density at radius 3 is 2.50 bits per heavy atom. The molecular weight excluding hydrogens is 328 g/mol. The SMILES string of the molecule is O=C(Nc1c[c]cc(C(=O)N2CCOCC2)c1)c1ccc(Cl)cc1. The lowest BCUT2D eigenvalue weighted by atomic mass is 10.1. The second kappa shape index (κ2) is 7.47. The molecular formula is C18H16ClN2O3. The van der Waals surface area contributed by atoms with Crippen molar-refractivity contribution in [1.29, 1.82) is 0 Å². The summed E-state index contributed by atoms with van der Waals surface area (Å²) < 4.78 is 5.25. The van der Waals surface area contributed by atoms with Crippen LogP contribution >= 0.6 is 11.6 Å². The highest BCUT2D eigenvalue weighted by molar-refractivity contribution is 6.30. The number of benzene rings is 2. The van der Waals surface area contributed by atoms with Gasteiger partial charge in [0, 0.05) is 34.9 Å². The van der Waals surface area contributed by atoms with E-state index in [-0.39, 0.29) is 11.8 Å². The van der Waals surface area contributed by atoms with E-state index in [4.69, 9.17) is 16.3 Å². The molecule has 0 aliphatic carbocycles. The van der Waals surface area contributed by atoms with Gasteiger partial charge in [-0.2, -0.15) is 0 Å². The van der Waals surface area contributed by atoms with Crippen LogP contribution in [0.2, 0.25) is 5.02 Å². The molecule has 1 saturated heterocycles. The van der Waals surface area contributed by atoms with Gasteiger partial charge in [0.2, 0.25) is 0 Å². The van der Waals surface area contributed by atoms with E-state index < -0.39 is 0 Å². The average Bonchev–Trinajstić information content (AvgIpc) is 2.62. The summed E-state index contributed by atoms with van der Waals surface area (Å²) in [6, 6.07) is 14.4. The third kappa shape index (κ3) is 3.93. The minimum atomic E-state index is -0.268. The van der Waals surface area contributed by atoms with E-state index in [1.807, 2.05) is 0 Å². The lowest BCUT2D eigenvalue weighted by Crippen LogP contribution is -2.40. The highest BCUT2D eigenvalue weighted by Gasteiger charge is 2.19. The number of carbonyl (C=O) groups excluding carboxylic acids is 2. The van der Waals surface area contributed by atoms with Crippen molar-refractivity contribution in [3.63, 3.8) is 0 Å². The number of morpholine rings is 1. The quantitative estimate of drug-likeness (QED) is 0.932. The van der Waals surface area contributed by atoms with Gasteiger partial charge >= 0.3 is 0 Å². The zero-order valence-corrected chi connectivity index (χ0v) is 13.7. The van der Waals surface area contributed by atoms with Crippen molar-refractivity contribution in [1.82, 2.24) is 4.90 Å². The number of nitrogens with one attached hydrogen (secondary N) is 1. The van der Waals surface area contributed by atoms with Crippen LogP contribution in [-0.4, -0.2) is 43.0 Å². The third-order valence-electron chi connectivity index (χ3n) is 3.70. The molecule has 2 amide bonds. The van der Waals surface area contributed by atoms with Gasteiger partial charge in [-0.3, -0.25) is 9.59 Å². The molecule has 0 saturated carbocycles. The van der Waals surface area contributed by atoms with Crippen molar-refractivity contribution < 1.29 is 14.3 Å². The number of rotatable bonds is 3. The van der Waals surface area contributed by atoms with Gasteiger partial charge in [-0.1, -0.05) is 11.6 Å². The fourth-order valence-electron chi connectivity index (χ4n) is 2.42. The molecule has 5 nitrogen and oxygen atoms in total. The number of anilines is 1. The van der Waals surface area contributed by atoms with Gasteiger partial charge in [0.15, 0.2) is 0 Å². The van der Waals surface area contributed by atoms with Gasteiger partial charge in [-0.05, 0) is 48.5 Å². The molecule has 1 heterocycles. The summed E-state index contributed by atoms with van der Waals surface area (Å²) in [5, 5.41) is 3.33. The van der Waals surface area contributed by atoms with Crippen LogP contribution in [-0.2, 0) is 4.74 Å². The minimum Gasteiger partial charge on any atom is -0.378 e. The second-order valence-corrected chi connectivity index (χ2v) is 5.81. The van der Waals surface area contributed by atoms with Gasteiger partial charge < -0.3 is 15.0 Å². The van der Waals surface area contributed by atoms with Crippen molar-refractivity contribution in [2.24, 2.45) is 0 Å². The molecule has 0 unspecified atom stereocenters. The van der Waals surface area contributed by atoms with Crippen LogP contribution in [0, 0.1) is 6.07 Å². The minimum absolute atomic E-state index is 0.0860. The zero-order valence-electron chi connectivity index (χ0n) is 12.9. The lowest BCUT2D eigenvalue weighted by molar-refractivity contribution is 0.0303. The predicted molar refractivity (Wildman–Crippen MR) is 91.4 cm³/mol. The van der Waals surface area contributed by atoms with Gasteiger partial charge in [0.25, 0.3) is 11.8 Å². The van der Waals surface area contributed by atoms with Crippen LogP contribution in [0.25, 0.3) is 0 Å². The highest BCUT2D eigenvalue weighted by atomic mass is 35.5. The van der Waals surface area contributed by atoms with Crippen LogP contribution < -0.4 is 5.32 Å². The van der Waals surface area contributed by atoms with Crippen molar-refractivity contribution >= 4 is 29.1 Å². The van der Waals surface area contributed by atoms with Crippen LogP contribution in [0.3, 0.4) is 0 Å². The molecule has 1 N–H and O–H groups in total. The van der Waals surface area contributed by atoms with E-state index in [9.17, 15) is 9.59 Å². The van der Waals surface area contributed by atoms with Gasteiger partial charge in [-0.25, -0.2) is 0 Å². The Morgan fingerprint density at radius 2 is 1.79 bits per heavy atom. The standard InChI is InChI=1S/C18H16ClN2O3/c19-15-6-4-13(5-7-15)17(22)20-16-3-1-2-14(12-16)18(23)21-8-10-24-11-9-21/h2-7,12H,8-11H2,(H,20,22). The molecule has 0 bridgehead atoms. The summed E-state index contributed by atoms with van der Waals surface area (Å²) in [5.74, 6) is -0.354. The van der Waals surface area contributed by atoms with E-state index in [0.717, 1.165) is 0 Å². The predicted octanol–water partition coefficient (Wildman–Crippen LogP) is 2.86. The van der Waals surface area contributed by atoms with Crippen LogP contribution in [0.4, 0.5) is 5.69 Å². The summed E-state index contributed by atoms with van der Waals surface area (Å²) >= 11 is 5.82. The Hall–Kier alpha value is -2.37. The normalized spacial score (nSPS) is 14.3. The van der Waals surface area contributed by atoms with Gasteiger partial charge in [-0.15, -0.1) is 0 Å². The molecule has 123 valence electrons. The Balaban J connectivity index is 1.71. The Morgan fingerprint density at radius 1 is 1.08 bits per heavy atom. The molecule has 24 heavy (non-hydrogen) atoms. The molecule has 0 spiro atoms. The van der Waals surface area contributed by atoms with Crippen molar-refractivity contribution in [3.05, 3.63) is 64.7 Å². The zero-order chi connectivity index (χ0) is 16.9. The Labute approximate surface area is 145 Å². The average molecular weight is 344 g/mol. The first-order valence-corrected chi connectivity index (χ1v) is 7.96. The van der Waals surface area contributed by atoms with Crippen LogP contribution in [0.1, 0.15) is 20.7 Å². The van der Waals surface area contributed by atoms with E-state index in [0.29, 0.717) is 48.1 Å². The molecule has 1 radical (unpaired) electrons. The summed E-state index contributed by atoms with van der Waals surface area (Å²) in [5.41, 5.74) is 1.50. The van der Waals surface area contributed by atoms with Gasteiger partial charge in [0.1, 0.15) is 0 Å². The smallest absolute Gasteiger partial charge is 0.255 e. The van der Waals surface area contributed by atoms with E-state index in [1.165, 1.54) is 0 Å². The number of carbonyl (C=O) groups is 2. The van der Waals surface area contributed by atoms with Crippen molar-refractivity contribution in [3.8, 4) is 0 Å². The summed E-state index contributed by atoms with van der Waals surface area (Å²) in [7, 11) is 0. The second-order valence-electron chi connectivity index (χ2n) is 5.38. The molecule has 3 rings (SSSR count). The first kappa shape index (κ1) is 16.5. The summed E-state index contributed by atoms with van der Waals surface area (Å²) in [6.07, 6.45) is 0. The maximum absolute atomic E-state index is 12.5. The summed E-state index contributed by atoms with van der Waals surface area (Å²) in [6.45, 7) is 2.23. The highest BCUT2D eigenvalue weighted by Crippen LogP contribution is 2.16. The molecule has 0 aromatic heterocycles. The number of nitrogens with zero attached hydrogens (tertiary/aromatic N) is 1. The van der Waals surface area contributed by atoms with Crippen LogP contribution in [0.5, 0.6) is 0 Å². The topological polar surface area (TPSA) is 58.6 Å². The molecule has 6 heteroatoms. The molecule has 2 aromatic rings. The van der Waals surface area contributed by atoms with Crippen molar-refractivity contribution in [2.45, 2.75) is 0 Å². The number of hydrogen-bond donors (Lipinski definition) is 1. The van der Waals surface area contributed by atoms with Crippen molar-refractivity contribution in [2.75, 3.05) is 31.6 Å². The van der Waals surface area contributed by atoms with Crippen LogP contribution in [0.15, 0.2) is 42.5 Å². The third-order valence-corrected chi connectivity index (χ3v) is 3.95. The number of amides is 2. The first-order chi connectivity index (χ1) is 11.6. The molecule has 1 fully saturated rings. The summed E-state index contributed by atoms with van der Waals surface area (Å²) in [4.78, 5) is 26.4. The number of hydrogen-bond acceptors (Lipinski definition) is 3. The number of ether oxygens (including phenoxy) is 1. The van der Waals surface area contributed by atoms with E-state index in [1.54, 1.807) is 47.4 Å². The largest absolute Gasteiger partial charge is 0.378 e. The van der Waals surface area contributed by atoms with E-state index in [2.05, 4.69) is 11.4 Å². The fourth-order valence-corrected chi connectivity index (χ4v) is 2.55. The fraction of sp³-hybridized carbons (Fsp3) is 0.222. The van der Waals surface area contributed by atoms with Gasteiger partial charge in [0.05, 0.1) is 13.2 Å². The maximum Gasteiger partial charge on any atom is 0.255 e. The van der Waals surface area contributed by atoms with E-state index >= 15 is 0 Å². The Kier molecular flexibility index (Phi) is 5.13. The first-order valence-electron chi connectivity index (χ1n) is 7.58. The molecule has 1 aliphatic heterocycles. The Bertz CT molecular complexity index is 740. The molecule has 0 atom stereocenters.